The minimum absolute atomic E-state index is 0.368. The van der Waals surface area contributed by atoms with E-state index in [9.17, 15) is 9.90 Å². The third-order valence-corrected chi connectivity index (χ3v) is 1.90. The van der Waals surface area contributed by atoms with Crippen molar-refractivity contribution >= 4 is 5.97 Å². The van der Waals surface area contributed by atoms with Crippen LogP contribution in [0.3, 0.4) is 0 Å². The van der Waals surface area contributed by atoms with Crippen molar-refractivity contribution in [2.24, 2.45) is 0 Å². The van der Waals surface area contributed by atoms with Crippen LogP contribution < -0.4 is 0 Å². The second-order valence-electron chi connectivity index (χ2n) is 2.68. The van der Waals surface area contributed by atoms with Gasteiger partial charge >= 0.3 is 5.97 Å². The fourth-order valence-electron chi connectivity index (χ4n) is 1.34. The molecule has 1 N–H and O–H groups in total. The van der Waals surface area contributed by atoms with Gasteiger partial charge in [-0.2, -0.15) is 0 Å². The second-order valence-corrected chi connectivity index (χ2v) is 2.68. The SMILES string of the molecule is O=C1C=C2C(=CCCC2O)O1. The highest BCUT2D eigenvalue weighted by Gasteiger charge is 2.27. The number of ether oxygens (including phenoxy) is 1. The van der Waals surface area contributed by atoms with Gasteiger partial charge in [-0.05, 0) is 18.9 Å². The Morgan fingerprint density at radius 1 is 1.64 bits per heavy atom. The Bertz CT molecular complexity index is 263. The van der Waals surface area contributed by atoms with Gasteiger partial charge in [0.25, 0.3) is 0 Å². The van der Waals surface area contributed by atoms with Gasteiger partial charge in [-0.25, -0.2) is 4.79 Å². The number of fused-ring (bicyclic) bond motifs is 1. The van der Waals surface area contributed by atoms with Gasteiger partial charge in [0, 0.05) is 11.6 Å². The molecule has 58 valence electrons. The Balaban J connectivity index is 2.38. The first-order valence-corrected chi connectivity index (χ1v) is 3.59. The first kappa shape index (κ1) is 6.61. The zero-order valence-electron chi connectivity index (χ0n) is 5.91. The highest BCUT2D eigenvalue weighted by molar-refractivity contribution is 5.88. The van der Waals surface area contributed by atoms with Crippen LogP contribution in [-0.4, -0.2) is 17.2 Å². The smallest absolute Gasteiger partial charge is 0.336 e. The van der Waals surface area contributed by atoms with Crippen molar-refractivity contribution in [1.82, 2.24) is 0 Å². The van der Waals surface area contributed by atoms with Crippen molar-refractivity contribution in [2.45, 2.75) is 18.9 Å². The average molecular weight is 152 g/mol. The largest absolute Gasteiger partial charge is 0.423 e. The molecular formula is C8H8O3. The molecule has 0 spiro atoms. The minimum Gasteiger partial charge on any atom is -0.423 e. The molecule has 1 atom stereocenters. The van der Waals surface area contributed by atoms with Crippen LogP contribution in [0.5, 0.6) is 0 Å². The minimum atomic E-state index is -0.513. The van der Waals surface area contributed by atoms with Crippen LogP contribution in [-0.2, 0) is 9.53 Å². The fraction of sp³-hybridized carbons (Fsp3) is 0.375. The summed E-state index contributed by atoms with van der Waals surface area (Å²) in [5, 5.41) is 9.36. The van der Waals surface area contributed by atoms with Gasteiger partial charge in [0.05, 0.1) is 6.10 Å². The van der Waals surface area contributed by atoms with E-state index in [1.54, 1.807) is 0 Å². The van der Waals surface area contributed by atoms with E-state index in [0.717, 1.165) is 6.42 Å². The van der Waals surface area contributed by atoms with Crippen molar-refractivity contribution < 1.29 is 14.6 Å². The van der Waals surface area contributed by atoms with E-state index in [1.165, 1.54) is 6.08 Å². The molecule has 0 bridgehead atoms. The lowest BCUT2D eigenvalue weighted by Crippen LogP contribution is -2.13. The van der Waals surface area contributed by atoms with Gasteiger partial charge in [-0.3, -0.25) is 0 Å². The van der Waals surface area contributed by atoms with E-state index < -0.39 is 6.10 Å². The number of carbonyl (C=O) groups is 1. The molecule has 0 aromatic rings. The summed E-state index contributed by atoms with van der Waals surface area (Å²) in [5.41, 5.74) is 0.640. The van der Waals surface area contributed by atoms with E-state index >= 15 is 0 Å². The van der Waals surface area contributed by atoms with Gasteiger partial charge in [0.2, 0.25) is 0 Å². The normalized spacial score (nSPS) is 28.8. The van der Waals surface area contributed by atoms with Crippen molar-refractivity contribution in [3.63, 3.8) is 0 Å². The van der Waals surface area contributed by atoms with Gasteiger partial charge < -0.3 is 9.84 Å². The van der Waals surface area contributed by atoms with Gasteiger partial charge in [0.1, 0.15) is 5.76 Å². The lowest BCUT2D eigenvalue weighted by Gasteiger charge is -2.15. The molecular weight excluding hydrogens is 144 g/mol. The Morgan fingerprint density at radius 3 is 3.18 bits per heavy atom. The van der Waals surface area contributed by atoms with Crippen molar-refractivity contribution in [3.05, 3.63) is 23.5 Å². The maximum atomic E-state index is 10.7. The molecule has 1 heterocycles. The Morgan fingerprint density at radius 2 is 2.45 bits per heavy atom. The molecule has 0 aromatic heterocycles. The number of allylic oxidation sites excluding steroid dienone is 1. The van der Waals surface area contributed by atoms with Crippen LogP contribution in [0.4, 0.5) is 0 Å². The fourth-order valence-corrected chi connectivity index (χ4v) is 1.34. The molecule has 0 amide bonds. The summed E-state index contributed by atoms with van der Waals surface area (Å²) < 4.78 is 4.81. The standard InChI is InChI=1S/C8H8O3/c9-6-2-1-3-7-5(6)4-8(10)11-7/h3-4,6,9H,1-2H2. The molecule has 2 aliphatic rings. The summed E-state index contributed by atoms with van der Waals surface area (Å²) in [6.07, 6.45) is 4.15. The highest BCUT2D eigenvalue weighted by Crippen LogP contribution is 2.29. The molecule has 0 aromatic carbocycles. The Labute approximate surface area is 64.0 Å². The van der Waals surface area contributed by atoms with E-state index in [4.69, 9.17) is 4.74 Å². The number of esters is 1. The van der Waals surface area contributed by atoms with Gasteiger partial charge in [0.15, 0.2) is 0 Å². The lowest BCUT2D eigenvalue weighted by atomic mass is 9.98. The molecule has 3 heteroatoms. The molecule has 2 rings (SSSR count). The molecule has 0 fully saturated rings. The van der Waals surface area contributed by atoms with Crippen LogP contribution in [0, 0.1) is 0 Å². The summed E-state index contributed by atoms with van der Waals surface area (Å²) in [7, 11) is 0. The predicted octanol–water partition coefficient (Wildman–Crippen LogP) is 0.508. The molecule has 1 unspecified atom stereocenters. The lowest BCUT2D eigenvalue weighted by molar-refractivity contribution is -0.132. The maximum absolute atomic E-state index is 10.7. The first-order valence-electron chi connectivity index (χ1n) is 3.59. The van der Waals surface area contributed by atoms with Gasteiger partial charge in [-0.1, -0.05) is 0 Å². The van der Waals surface area contributed by atoms with Crippen molar-refractivity contribution in [3.8, 4) is 0 Å². The zero-order chi connectivity index (χ0) is 7.84. The van der Waals surface area contributed by atoms with Crippen LogP contribution in [0.25, 0.3) is 0 Å². The van der Waals surface area contributed by atoms with E-state index in [0.29, 0.717) is 17.8 Å². The molecule has 0 saturated carbocycles. The monoisotopic (exact) mass is 152 g/mol. The molecule has 3 nitrogen and oxygen atoms in total. The maximum Gasteiger partial charge on any atom is 0.336 e. The Hall–Kier alpha value is -1.09. The topological polar surface area (TPSA) is 46.5 Å². The van der Waals surface area contributed by atoms with Crippen LogP contribution in [0.15, 0.2) is 23.5 Å². The number of rotatable bonds is 0. The van der Waals surface area contributed by atoms with Crippen LogP contribution in [0.1, 0.15) is 12.8 Å². The van der Waals surface area contributed by atoms with Gasteiger partial charge in [-0.15, -0.1) is 0 Å². The summed E-state index contributed by atoms with van der Waals surface area (Å²) in [5.74, 6) is 0.181. The third-order valence-electron chi connectivity index (χ3n) is 1.90. The summed E-state index contributed by atoms with van der Waals surface area (Å²) in [6.45, 7) is 0. The van der Waals surface area contributed by atoms with Crippen LogP contribution in [0.2, 0.25) is 0 Å². The molecule has 0 radical (unpaired) electrons. The number of aliphatic hydroxyl groups excluding tert-OH is 1. The molecule has 0 saturated heterocycles. The quantitative estimate of drug-likeness (QED) is 0.514. The first-order chi connectivity index (χ1) is 5.27. The van der Waals surface area contributed by atoms with Crippen molar-refractivity contribution in [1.29, 1.82) is 0 Å². The number of hydrogen-bond acceptors (Lipinski definition) is 3. The number of aliphatic hydroxyl groups is 1. The van der Waals surface area contributed by atoms with E-state index in [1.807, 2.05) is 6.08 Å². The van der Waals surface area contributed by atoms with E-state index in [2.05, 4.69) is 0 Å². The third kappa shape index (κ3) is 0.973. The molecule has 1 aliphatic carbocycles. The summed E-state index contributed by atoms with van der Waals surface area (Å²) in [4.78, 5) is 10.7. The summed E-state index contributed by atoms with van der Waals surface area (Å²) in [6, 6.07) is 0. The molecule has 11 heavy (non-hydrogen) atoms. The predicted molar refractivity (Wildman–Crippen MR) is 37.5 cm³/mol. The summed E-state index contributed by atoms with van der Waals surface area (Å²) >= 11 is 0. The average Bonchev–Trinajstić information content (AvgIpc) is 2.31. The molecule has 1 aliphatic heterocycles. The highest BCUT2D eigenvalue weighted by atomic mass is 16.5. The Kier molecular flexibility index (Phi) is 1.32. The number of carbonyl (C=O) groups excluding carboxylic acids is 1. The van der Waals surface area contributed by atoms with Crippen LogP contribution >= 0.6 is 0 Å². The van der Waals surface area contributed by atoms with E-state index in [-0.39, 0.29) is 5.97 Å². The van der Waals surface area contributed by atoms with Crippen molar-refractivity contribution in [2.75, 3.05) is 0 Å². The number of hydrogen-bond donors (Lipinski definition) is 1. The zero-order valence-corrected chi connectivity index (χ0v) is 5.91. The second kappa shape index (κ2) is 2.20.